The van der Waals surface area contributed by atoms with Crippen molar-refractivity contribution in [2.75, 3.05) is 4.90 Å². The number of rotatable bonds is 7. The topological polar surface area (TPSA) is 8.17 Å². The summed E-state index contributed by atoms with van der Waals surface area (Å²) in [6.45, 7) is 0. The number of anilines is 3. The van der Waals surface area contributed by atoms with Gasteiger partial charge in [-0.05, 0) is 174 Å². The van der Waals surface area contributed by atoms with Gasteiger partial charge in [0.2, 0.25) is 0 Å². The number of allylic oxidation sites excluding steroid dienone is 4. The molecule has 0 unspecified atom stereocenters. The van der Waals surface area contributed by atoms with Gasteiger partial charge in [0.1, 0.15) is 0 Å². The summed E-state index contributed by atoms with van der Waals surface area (Å²) < 4.78 is 2.44. The van der Waals surface area contributed by atoms with Crippen LogP contribution in [-0.2, 0) is 5.41 Å². The molecule has 0 spiro atoms. The Hall–Kier alpha value is -9.76. The number of hydrogen-bond donors (Lipinski definition) is 0. The summed E-state index contributed by atoms with van der Waals surface area (Å²) in [5, 5.41) is 2.53. The Morgan fingerprint density at radius 2 is 0.818 bits per heavy atom. The number of fused-ring (bicyclic) bond motifs is 12. The molecule has 16 rings (SSSR count). The van der Waals surface area contributed by atoms with Gasteiger partial charge in [0.05, 0.1) is 16.4 Å². The van der Waals surface area contributed by atoms with Gasteiger partial charge in [-0.1, -0.05) is 218 Å². The number of hydrogen-bond acceptors (Lipinski definition) is 1. The summed E-state index contributed by atoms with van der Waals surface area (Å²) in [6.07, 6.45) is 9.09. The first-order valence-electron chi connectivity index (χ1n) is 27.1. The molecule has 0 saturated heterocycles. The highest BCUT2D eigenvalue weighted by molar-refractivity contribution is 6.19. The van der Waals surface area contributed by atoms with Crippen molar-refractivity contribution in [2.45, 2.75) is 18.3 Å². The molecule has 0 radical (unpaired) electrons. The zero-order valence-electron chi connectivity index (χ0n) is 42.4. The maximum Gasteiger partial charge on any atom is 0.0714 e. The quantitative estimate of drug-likeness (QED) is 0.154. The molecule has 0 aliphatic heterocycles. The molecule has 2 heteroatoms. The molecule has 360 valence electrons. The number of para-hydroxylation sites is 1. The van der Waals surface area contributed by atoms with Gasteiger partial charge in [-0.25, -0.2) is 0 Å². The second-order valence-corrected chi connectivity index (χ2v) is 20.9. The second-order valence-electron chi connectivity index (χ2n) is 20.9. The molecule has 0 atom stereocenters. The van der Waals surface area contributed by atoms with Crippen LogP contribution in [0.2, 0.25) is 0 Å². The first-order valence-corrected chi connectivity index (χ1v) is 27.1. The molecule has 0 saturated carbocycles. The van der Waals surface area contributed by atoms with Crippen molar-refractivity contribution in [3.63, 3.8) is 0 Å². The maximum atomic E-state index is 2.50. The summed E-state index contributed by atoms with van der Waals surface area (Å²) in [5.41, 5.74) is 29.2. The van der Waals surface area contributed by atoms with E-state index in [9.17, 15) is 0 Å². The normalized spacial score (nSPS) is 14.2. The predicted molar refractivity (Wildman–Crippen MR) is 322 cm³/mol. The Kier molecular flexibility index (Phi) is 9.71. The minimum absolute atomic E-state index is 0.550. The van der Waals surface area contributed by atoms with E-state index >= 15 is 0 Å². The number of aromatic nitrogens is 1. The van der Waals surface area contributed by atoms with Gasteiger partial charge in [-0.15, -0.1) is 0 Å². The molecule has 11 aromatic carbocycles. The molecular formula is C75H50N2. The van der Waals surface area contributed by atoms with E-state index in [2.05, 4.69) is 289 Å². The molecule has 0 bridgehead atoms. The van der Waals surface area contributed by atoms with Crippen LogP contribution in [0.15, 0.2) is 279 Å². The van der Waals surface area contributed by atoms with Crippen molar-refractivity contribution in [3.8, 4) is 44.5 Å². The largest absolute Gasteiger partial charge is 0.310 e. The lowest BCUT2D eigenvalue weighted by atomic mass is 9.67. The summed E-state index contributed by atoms with van der Waals surface area (Å²) in [7, 11) is 0. The summed E-state index contributed by atoms with van der Waals surface area (Å²) in [5.74, 6) is 0. The molecule has 1 heterocycles. The van der Waals surface area contributed by atoms with Crippen LogP contribution in [0.25, 0.3) is 83.2 Å². The standard InChI is InChI=1S/C75H50N2/c1-4-20-51(21-5-1)75(52-22-6-2-7-23-52)69-34-18-16-29-61(69)62-44-42-56(48-70(62)75)76(54-39-36-49(37-40-54)50-38-45-72-67(46-50)63-30-17-19-35-71(63)77(72)53-24-8-3-9-25-53)55-41-43-60-59-28-12-15-33-66(59)74(68(60)47-55)73-64-31-13-10-26-57(64)58-27-11-14-32-65(58)73/h1-2,4-8,10-48H,3,9H2. The van der Waals surface area contributed by atoms with E-state index in [4.69, 9.17) is 0 Å². The molecule has 77 heavy (non-hydrogen) atoms. The fourth-order valence-electron chi connectivity index (χ4n) is 13.8. The SMILES string of the molecule is C1=CC(n2c3ccccc3c3cc(-c4ccc(N(c5ccc6c(c5)C(=C5c7ccccc7-c7ccccc75)c5ccccc5-6)c5ccc6c(c5)C(c5ccccc5)(c5ccccc5)c5ccccc5-6)cc4)ccc32)=CCC1. The summed E-state index contributed by atoms with van der Waals surface area (Å²) >= 11 is 0. The third-order valence-electron chi connectivity index (χ3n) is 17.0. The molecule has 0 amide bonds. The lowest BCUT2D eigenvalue weighted by Crippen LogP contribution is -2.28. The number of benzene rings is 11. The van der Waals surface area contributed by atoms with E-state index in [1.807, 2.05) is 0 Å². The second kappa shape index (κ2) is 17.1. The Balaban J connectivity index is 0.911. The van der Waals surface area contributed by atoms with E-state index in [0.29, 0.717) is 0 Å². The third kappa shape index (κ3) is 6.43. The Morgan fingerprint density at radius 1 is 0.325 bits per heavy atom. The van der Waals surface area contributed by atoms with E-state index in [0.717, 1.165) is 29.9 Å². The monoisotopic (exact) mass is 978 g/mol. The van der Waals surface area contributed by atoms with Crippen molar-refractivity contribution >= 4 is 55.7 Å². The van der Waals surface area contributed by atoms with Gasteiger partial charge in [0.15, 0.2) is 0 Å². The molecule has 2 nitrogen and oxygen atoms in total. The van der Waals surface area contributed by atoms with Crippen LogP contribution < -0.4 is 4.90 Å². The van der Waals surface area contributed by atoms with Gasteiger partial charge in [0.25, 0.3) is 0 Å². The van der Waals surface area contributed by atoms with E-state index in [1.165, 1.54) is 128 Å². The van der Waals surface area contributed by atoms with Crippen molar-refractivity contribution < 1.29 is 0 Å². The minimum atomic E-state index is -0.550. The van der Waals surface area contributed by atoms with E-state index in [-0.39, 0.29) is 0 Å². The smallest absolute Gasteiger partial charge is 0.0714 e. The zero-order valence-corrected chi connectivity index (χ0v) is 42.4. The Labute approximate surface area is 449 Å². The van der Waals surface area contributed by atoms with Crippen LogP contribution >= 0.6 is 0 Å². The van der Waals surface area contributed by atoms with Crippen LogP contribution in [0.3, 0.4) is 0 Å². The first kappa shape index (κ1) is 43.6. The maximum absolute atomic E-state index is 2.50. The average Bonchev–Trinajstić information content (AvgIpc) is 4.42. The highest BCUT2D eigenvalue weighted by atomic mass is 15.1. The fraction of sp³-hybridized carbons (Fsp3) is 0.0400. The van der Waals surface area contributed by atoms with Gasteiger partial charge >= 0.3 is 0 Å². The average molecular weight is 979 g/mol. The third-order valence-corrected chi connectivity index (χ3v) is 17.0. The molecule has 12 aromatic rings. The van der Waals surface area contributed by atoms with Gasteiger partial charge in [-0.2, -0.15) is 0 Å². The molecule has 0 fully saturated rings. The van der Waals surface area contributed by atoms with E-state index < -0.39 is 5.41 Å². The number of nitrogens with zero attached hydrogens (tertiary/aromatic N) is 2. The molecular weight excluding hydrogens is 929 g/mol. The van der Waals surface area contributed by atoms with Gasteiger partial charge < -0.3 is 9.47 Å². The summed E-state index contributed by atoms with van der Waals surface area (Å²) in [4.78, 5) is 2.50. The van der Waals surface area contributed by atoms with Crippen molar-refractivity contribution in [2.24, 2.45) is 0 Å². The highest BCUT2D eigenvalue weighted by Crippen LogP contribution is 2.59. The molecule has 0 N–H and O–H groups in total. The van der Waals surface area contributed by atoms with Crippen LogP contribution in [0.4, 0.5) is 17.1 Å². The van der Waals surface area contributed by atoms with Crippen molar-refractivity contribution in [1.29, 1.82) is 0 Å². The first-order chi connectivity index (χ1) is 38.2. The molecule has 4 aliphatic rings. The van der Waals surface area contributed by atoms with E-state index in [1.54, 1.807) is 0 Å². The van der Waals surface area contributed by atoms with Crippen LogP contribution in [0, 0.1) is 0 Å². The van der Waals surface area contributed by atoms with Gasteiger partial charge in [-0.3, -0.25) is 0 Å². The lowest BCUT2D eigenvalue weighted by molar-refractivity contribution is 0.768. The van der Waals surface area contributed by atoms with Crippen LogP contribution in [0.1, 0.15) is 57.3 Å². The Morgan fingerprint density at radius 3 is 1.47 bits per heavy atom. The Bertz CT molecular complexity index is 4400. The van der Waals surface area contributed by atoms with Crippen LogP contribution in [-0.4, -0.2) is 4.57 Å². The van der Waals surface area contributed by atoms with Crippen molar-refractivity contribution in [1.82, 2.24) is 4.57 Å². The van der Waals surface area contributed by atoms with Crippen LogP contribution in [0.5, 0.6) is 0 Å². The highest BCUT2D eigenvalue weighted by Gasteiger charge is 2.46. The summed E-state index contributed by atoms with van der Waals surface area (Å²) in [6, 6.07) is 97.8. The predicted octanol–water partition coefficient (Wildman–Crippen LogP) is 19.5. The van der Waals surface area contributed by atoms with Crippen molar-refractivity contribution in [3.05, 3.63) is 324 Å². The van der Waals surface area contributed by atoms with Gasteiger partial charge in [0, 0.05) is 33.5 Å². The zero-order chi connectivity index (χ0) is 50.6. The minimum Gasteiger partial charge on any atom is -0.310 e. The molecule has 4 aliphatic carbocycles. The fourth-order valence-corrected chi connectivity index (χ4v) is 13.8. The molecule has 1 aromatic heterocycles. The lowest BCUT2D eigenvalue weighted by Gasteiger charge is -2.35.